The molecule has 1 atom stereocenters. The van der Waals surface area contributed by atoms with Crippen LogP contribution in [0.1, 0.15) is 19.3 Å². The summed E-state index contributed by atoms with van der Waals surface area (Å²) < 4.78 is 4.91. The molecule has 0 radical (unpaired) electrons. The van der Waals surface area contributed by atoms with E-state index in [-0.39, 0.29) is 6.04 Å². The molecule has 0 amide bonds. The lowest BCUT2D eigenvalue weighted by Crippen LogP contribution is -2.35. The number of methoxy groups -OCH3 is 1. The topological polar surface area (TPSA) is 47.3 Å². The van der Waals surface area contributed by atoms with Gasteiger partial charge in [0.1, 0.15) is 0 Å². The van der Waals surface area contributed by atoms with Gasteiger partial charge in [0.15, 0.2) is 0 Å². The Morgan fingerprint density at radius 1 is 1.64 bits per heavy atom. The lowest BCUT2D eigenvalue weighted by Gasteiger charge is -2.12. The van der Waals surface area contributed by atoms with Gasteiger partial charge in [-0.25, -0.2) is 0 Å². The summed E-state index contributed by atoms with van der Waals surface area (Å²) >= 11 is 0. The van der Waals surface area contributed by atoms with Crippen molar-refractivity contribution in [2.45, 2.75) is 25.3 Å². The van der Waals surface area contributed by atoms with E-state index in [0.29, 0.717) is 0 Å². The number of nitrogens with one attached hydrogen (secondary N) is 1. The van der Waals surface area contributed by atoms with Crippen molar-refractivity contribution < 1.29 is 4.74 Å². The van der Waals surface area contributed by atoms with Crippen molar-refractivity contribution >= 4 is 0 Å². The van der Waals surface area contributed by atoms with Crippen LogP contribution in [0.3, 0.4) is 0 Å². The maximum atomic E-state index is 5.28. The quantitative estimate of drug-likeness (QED) is 0.329. The highest BCUT2D eigenvalue weighted by Crippen LogP contribution is 1.99. The molecule has 0 rings (SSSR count). The van der Waals surface area contributed by atoms with Gasteiger partial charge in [-0.15, -0.1) is 12.3 Å². The monoisotopic (exact) mass is 156 g/mol. The predicted octanol–water partition coefficient (Wildman–Crippen LogP) is 0.268. The third-order valence-electron chi connectivity index (χ3n) is 1.54. The number of nitrogens with two attached hydrogens (primary N) is 1. The summed E-state index contributed by atoms with van der Waals surface area (Å²) in [5.41, 5.74) is 2.70. The highest BCUT2D eigenvalue weighted by molar-refractivity contribution is 4.85. The predicted molar refractivity (Wildman–Crippen MR) is 45.7 cm³/mol. The zero-order valence-corrected chi connectivity index (χ0v) is 6.97. The van der Waals surface area contributed by atoms with Gasteiger partial charge in [0.05, 0.1) is 0 Å². The second-order valence-electron chi connectivity index (χ2n) is 2.39. The number of hydrogen-bond acceptors (Lipinski definition) is 3. The van der Waals surface area contributed by atoms with Crippen LogP contribution < -0.4 is 11.3 Å². The Morgan fingerprint density at radius 2 is 2.36 bits per heavy atom. The van der Waals surface area contributed by atoms with E-state index in [1.54, 1.807) is 7.11 Å². The van der Waals surface area contributed by atoms with Crippen molar-refractivity contribution in [2.75, 3.05) is 13.7 Å². The first-order valence-corrected chi connectivity index (χ1v) is 3.73. The van der Waals surface area contributed by atoms with Crippen molar-refractivity contribution in [3.63, 3.8) is 0 Å². The number of rotatable bonds is 6. The Kier molecular flexibility index (Phi) is 7.16. The molecule has 0 aliphatic heterocycles. The molecular formula is C8H16N2O. The van der Waals surface area contributed by atoms with Crippen LogP contribution in [0.15, 0.2) is 0 Å². The van der Waals surface area contributed by atoms with Crippen molar-refractivity contribution in [1.29, 1.82) is 0 Å². The van der Waals surface area contributed by atoms with Crippen LogP contribution >= 0.6 is 0 Å². The number of hydrogen-bond donors (Lipinski definition) is 2. The lowest BCUT2D eigenvalue weighted by atomic mass is 10.1. The lowest BCUT2D eigenvalue weighted by molar-refractivity contribution is 0.181. The molecule has 0 saturated carbocycles. The minimum atomic E-state index is 0.283. The van der Waals surface area contributed by atoms with Crippen molar-refractivity contribution in [3.05, 3.63) is 0 Å². The fourth-order valence-electron chi connectivity index (χ4n) is 0.829. The summed E-state index contributed by atoms with van der Waals surface area (Å²) in [4.78, 5) is 0. The fourth-order valence-corrected chi connectivity index (χ4v) is 0.829. The average Bonchev–Trinajstić information content (AvgIpc) is 2.05. The summed E-state index contributed by atoms with van der Waals surface area (Å²) in [6, 6.07) is 0.283. The highest BCUT2D eigenvalue weighted by atomic mass is 16.5. The van der Waals surface area contributed by atoms with E-state index in [9.17, 15) is 0 Å². The second kappa shape index (κ2) is 7.55. The molecule has 0 aromatic heterocycles. The summed E-state index contributed by atoms with van der Waals surface area (Å²) in [5.74, 6) is 7.85. The van der Waals surface area contributed by atoms with Gasteiger partial charge in [0, 0.05) is 26.2 Å². The molecule has 3 nitrogen and oxygen atoms in total. The van der Waals surface area contributed by atoms with Crippen molar-refractivity contribution in [2.24, 2.45) is 5.84 Å². The summed E-state index contributed by atoms with van der Waals surface area (Å²) in [5, 5.41) is 0. The Bertz CT molecular complexity index is 120. The van der Waals surface area contributed by atoms with E-state index in [1.165, 1.54) is 0 Å². The van der Waals surface area contributed by atoms with Gasteiger partial charge in [-0.3, -0.25) is 11.3 Å². The molecule has 3 heteroatoms. The van der Waals surface area contributed by atoms with Crippen LogP contribution in [0, 0.1) is 12.3 Å². The van der Waals surface area contributed by atoms with E-state index in [1.807, 2.05) is 0 Å². The van der Waals surface area contributed by atoms with E-state index >= 15 is 0 Å². The van der Waals surface area contributed by atoms with Crippen LogP contribution in [0.5, 0.6) is 0 Å². The Morgan fingerprint density at radius 3 is 2.82 bits per heavy atom. The average molecular weight is 156 g/mol. The molecule has 0 heterocycles. The molecule has 3 N–H and O–H groups in total. The number of hydrazine groups is 1. The Balaban J connectivity index is 3.34. The van der Waals surface area contributed by atoms with E-state index in [4.69, 9.17) is 17.0 Å². The molecular weight excluding hydrogens is 140 g/mol. The number of terminal acetylenes is 1. The first kappa shape index (κ1) is 10.4. The molecule has 0 spiro atoms. The summed E-state index contributed by atoms with van der Waals surface area (Å²) in [7, 11) is 1.68. The second-order valence-corrected chi connectivity index (χ2v) is 2.39. The maximum absolute atomic E-state index is 5.28. The molecule has 11 heavy (non-hydrogen) atoms. The van der Waals surface area contributed by atoms with Gasteiger partial charge in [-0.2, -0.15) is 0 Å². The SMILES string of the molecule is C#CCCC(CCOC)NN. The fraction of sp³-hybridized carbons (Fsp3) is 0.750. The molecule has 0 aromatic rings. The molecule has 64 valence electrons. The standard InChI is InChI=1S/C8H16N2O/c1-3-4-5-8(10-9)6-7-11-2/h1,8,10H,4-7,9H2,2H3. The molecule has 0 bridgehead atoms. The molecule has 0 aliphatic rings. The maximum Gasteiger partial charge on any atom is 0.0477 e. The normalized spacial score (nSPS) is 12.5. The van der Waals surface area contributed by atoms with E-state index < -0.39 is 0 Å². The van der Waals surface area contributed by atoms with Gasteiger partial charge in [0.2, 0.25) is 0 Å². The van der Waals surface area contributed by atoms with Crippen molar-refractivity contribution in [1.82, 2.24) is 5.43 Å². The third kappa shape index (κ3) is 5.86. The third-order valence-corrected chi connectivity index (χ3v) is 1.54. The van der Waals surface area contributed by atoms with Gasteiger partial charge in [0.25, 0.3) is 0 Å². The molecule has 0 aromatic carbocycles. The Labute approximate surface area is 68.3 Å². The van der Waals surface area contributed by atoms with Gasteiger partial charge >= 0.3 is 0 Å². The highest BCUT2D eigenvalue weighted by Gasteiger charge is 2.03. The first-order chi connectivity index (χ1) is 5.35. The zero-order valence-electron chi connectivity index (χ0n) is 6.97. The minimum absolute atomic E-state index is 0.283. The van der Waals surface area contributed by atoms with Gasteiger partial charge in [-0.05, 0) is 12.8 Å². The van der Waals surface area contributed by atoms with Crippen LogP contribution in [-0.2, 0) is 4.74 Å². The van der Waals surface area contributed by atoms with Crippen LogP contribution in [0.25, 0.3) is 0 Å². The molecule has 0 fully saturated rings. The van der Waals surface area contributed by atoms with Crippen molar-refractivity contribution in [3.8, 4) is 12.3 Å². The summed E-state index contributed by atoms with van der Waals surface area (Å²) in [6.45, 7) is 0.722. The zero-order chi connectivity index (χ0) is 8.53. The number of ether oxygens (including phenoxy) is 1. The van der Waals surface area contributed by atoms with E-state index in [0.717, 1.165) is 25.9 Å². The largest absolute Gasteiger partial charge is 0.385 e. The molecule has 1 unspecified atom stereocenters. The molecule has 0 saturated heterocycles. The van der Waals surface area contributed by atoms with Crippen LogP contribution in [0.4, 0.5) is 0 Å². The van der Waals surface area contributed by atoms with Gasteiger partial charge in [-0.1, -0.05) is 0 Å². The van der Waals surface area contributed by atoms with E-state index in [2.05, 4.69) is 11.3 Å². The minimum Gasteiger partial charge on any atom is -0.385 e. The Hall–Kier alpha value is -0.560. The summed E-state index contributed by atoms with van der Waals surface area (Å²) in [6.07, 6.45) is 7.70. The van der Waals surface area contributed by atoms with Gasteiger partial charge < -0.3 is 4.74 Å². The smallest absolute Gasteiger partial charge is 0.0477 e. The van der Waals surface area contributed by atoms with Crippen LogP contribution in [-0.4, -0.2) is 19.8 Å². The molecule has 0 aliphatic carbocycles. The first-order valence-electron chi connectivity index (χ1n) is 3.73. The van der Waals surface area contributed by atoms with Crippen LogP contribution in [0.2, 0.25) is 0 Å².